The molecule has 17 heteroatoms. The van der Waals surface area contributed by atoms with Crippen LogP contribution in [-0.2, 0) is 21.4 Å². The number of hydrogen-bond donors (Lipinski definition) is 3. The van der Waals surface area contributed by atoms with E-state index in [1.807, 2.05) is 0 Å². The Morgan fingerprint density at radius 1 is 1.07 bits per heavy atom. The molecule has 0 aliphatic carbocycles. The summed E-state index contributed by atoms with van der Waals surface area (Å²) in [6, 6.07) is 4.77. The lowest BCUT2D eigenvalue weighted by Crippen LogP contribution is -2.28. The smallest absolute Gasteiger partial charge is 0.480 e. The van der Waals surface area contributed by atoms with Gasteiger partial charge in [-0.1, -0.05) is 18.2 Å². The first-order valence-electron chi connectivity index (χ1n) is 11.5. The Labute approximate surface area is 239 Å². The summed E-state index contributed by atoms with van der Waals surface area (Å²) in [6.07, 6.45) is 0.728. The van der Waals surface area contributed by atoms with E-state index in [0.717, 1.165) is 18.2 Å². The van der Waals surface area contributed by atoms with E-state index < -0.39 is 29.6 Å². The maximum Gasteiger partial charge on any atom is 0.491 e. The summed E-state index contributed by atoms with van der Waals surface area (Å²) in [6.45, 7) is 3.02. The third-order valence-corrected chi connectivity index (χ3v) is 5.51. The van der Waals surface area contributed by atoms with E-state index in [2.05, 4.69) is 47.3 Å². The minimum Gasteiger partial charge on any atom is -0.480 e. The van der Waals surface area contributed by atoms with Crippen LogP contribution in [0.1, 0.15) is 0 Å². The summed E-state index contributed by atoms with van der Waals surface area (Å²) in [5.41, 5.74) is 1.05. The number of carbonyl (C=O) groups is 2. The average Bonchev–Trinajstić information content (AvgIpc) is 3.34. The number of benzene rings is 1. The first-order valence-corrected chi connectivity index (χ1v) is 11.9. The lowest BCUT2D eigenvalue weighted by Gasteiger charge is -2.15. The van der Waals surface area contributed by atoms with Crippen LogP contribution in [0.25, 0.3) is 11.1 Å². The fraction of sp³-hybridized carbons (Fsp3) is 0.120. The molecule has 1 aromatic carbocycles. The molecule has 0 aliphatic rings. The van der Waals surface area contributed by atoms with Crippen LogP contribution >= 0.6 is 11.6 Å². The van der Waals surface area contributed by atoms with Crippen molar-refractivity contribution in [3.63, 3.8) is 0 Å². The number of anilines is 5. The second-order valence-corrected chi connectivity index (χ2v) is 8.69. The molecule has 0 spiro atoms. The number of aryl methyl sites for hydroxylation is 1. The number of esters is 1. The zero-order valence-electron chi connectivity index (χ0n) is 21.6. The zero-order valence-corrected chi connectivity index (χ0v) is 22.3. The summed E-state index contributed by atoms with van der Waals surface area (Å²) < 4.78 is 62.8. The fourth-order valence-corrected chi connectivity index (χ4v) is 3.57. The van der Waals surface area contributed by atoms with E-state index in [0.29, 0.717) is 16.8 Å². The van der Waals surface area contributed by atoms with Gasteiger partial charge in [-0.2, -0.15) is 23.3 Å². The van der Waals surface area contributed by atoms with Crippen molar-refractivity contribution in [2.75, 3.05) is 23.1 Å². The molecular weight excluding hydrogens is 588 g/mol. The minimum absolute atomic E-state index is 0.0744. The molecule has 0 radical (unpaired) electrons. The third-order valence-electron chi connectivity index (χ3n) is 5.24. The van der Waals surface area contributed by atoms with Gasteiger partial charge < -0.3 is 25.4 Å². The number of amides is 1. The second-order valence-electron chi connectivity index (χ2n) is 8.28. The Morgan fingerprint density at radius 3 is 2.48 bits per heavy atom. The maximum absolute atomic E-state index is 14.9. The number of halogens is 5. The van der Waals surface area contributed by atoms with Crippen LogP contribution in [0.4, 0.5) is 46.4 Å². The van der Waals surface area contributed by atoms with Crippen molar-refractivity contribution in [3.8, 4) is 17.0 Å². The van der Waals surface area contributed by atoms with Crippen LogP contribution in [0.15, 0.2) is 61.4 Å². The standard InChI is InChI=1S/C25H19ClF4N8O4/c1-12(42-23(40)25(28,29)30)21(39)34-14-4-5-18(27)19(7-14)36-20-16(13-6-17(26)22(41-3)31-8-13)10-32-24(37-20)35-15-9-33-38(2)11-15/h4-11H,1H2,2-3H3,(H,34,39)(H2,32,35,36,37). The molecule has 4 aromatic rings. The number of ether oxygens (including phenoxy) is 2. The number of nitrogens with one attached hydrogen (secondary N) is 3. The van der Waals surface area contributed by atoms with Gasteiger partial charge in [0.2, 0.25) is 11.8 Å². The van der Waals surface area contributed by atoms with Gasteiger partial charge in [0.25, 0.3) is 5.91 Å². The first kappa shape index (κ1) is 29.7. The van der Waals surface area contributed by atoms with Gasteiger partial charge in [-0.05, 0) is 24.3 Å². The molecule has 0 unspecified atom stereocenters. The van der Waals surface area contributed by atoms with E-state index in [1.54, 1.807) is 17.9 Å². The van der Waals surface area contributed by atoms with E-state index in [-0.39, 0.29) is 34.0 Å². The average molecular weight is 607 g/mol. The van der Waals surface area contributed by atoms with E-state index in [1.165, 1.54) is 31.8 Å². The molecule has 42 heavy (non-hydrogen) atoms. The van der Waals surface area contributed by atoms with Crippen LogP contribution < -0.4 is 20.7 Å². The number of hydrogen-bond acceptors (Lipinski definition) is 10. The normalized spacial score (nSPS) is 11.0. The second kappa shape index (κ2) is 12.1. The highest BCUT2D eigenvalue weighted by Crippen LogP contribution is 2.34. The van der Waals surface area contributed by atoms with Gasteiger partial charge in [0.05, 0.1) is 24.7 Å². The van der Waals surface area contributed by atoms with Gasteiger partial charge >= 0.3 is 12.1 Å². The molecule has 0 atom stereocenters. The molecule has 4 rings (SSSR count). The number of nitrogens with zero attached hydrogens (tertiary/aromatic N) is 5. The topological polar surface area (TPSA) is 145 Å². The van der Waals surface area contributed by atoms with E-state index in [9.17, 15) is 27.2 Å². The van der Waals surface area contributed by atoms with E-state index in [4.69, 9.17) is 16.3 Å². The van der Waals surface area contributed by atoms with Crippen molar-refractivity contribution in [1.82, 2.24) is 24.7 Å². The third kappa shape index (κ3) is 7.08. The highest BCUT2D eigenvalue weighted by Gasteiger charge is 2.42. The summed E-state index contributed by atoms with van der Waals surface area (Å²) in [7, 11) is 3.11. The van der Waals surface area contributed by atoms with Gasteiger partial charge in [-0.25, -0.2) is 19.2 Å². The number of methoxy groups -OCH3 is 1. The summed E-state index contributed by atoms with van der Waals surface area (Å²) in [5, 5.41) is 12.2. The molecule has 0 saturated heterocycles. The first-order chi connectivity index (χ1) is 19.8. The molecule has 0 saturated carbocycles. The number of rotatable bonds is 9. The van der Waals surface area contributed by atoms with Gasteiger partial charge in [-0.15, -0.1) is 0 Å². The molecule has 0 aliphatic heterocycles. The number of alkyl halides is 3. The predicted molar refractivity (Wildman–Crippen MR) is 143 cm³/mol. The summed E-state index contributed by atoms with van der Waals surface area (Å²) in [5.74, 6) is -5.45. The quantitative estimate of drug-likeness (QED) is 0.102. The number of aromatic nitrogens is 5. The van der Waals surface area contributed by atoms with Crippen LogP contribution in [-0.4, -0.2) is 49.9 Å². The Balaban J connectivity index is 1.65. The fourth-order valence-electron chi connectivity index (χ4n) is 3.33. The minimum atomic E-state index is -5.33. The van der Waals surface area contributed by atoms with Gasteiger partial charge in [-0.3, -0.25) is 9.48 Å². The van der Waals surface area contributed by atoms with Gasteiger partial charge in [0.15, 0.2) is 5.76 Å². The van der Waals surface area contributed by atoms with Crippen LogP contribution in [0, 0.1) is 5.82 Å². The molecule has 0 fully saturated rings. The molecule has 3 N–H and O–H groups in total. The van der Waals surface area contributed by atoms with Crippen molar-refractivity contribution in [3.05, 3.63) is 72.2 Å². The SMILES string of the molecule is C=C(OC(=O)C(F)(F)F)C(=O)Nc1ccc(F)c(Nc2nc(Nc3cnn(C)c3)ncc2-c2cnc(OC)c(Cl)c2)c1. The van der Waals surface area contributed by atoms with Crippen molar-refractivity contribution >= 4 is 52.3 Å². The monoisotopic (exact) mass is 606 g/mol. The van der Waals surface area contributed by atoms with Crippen LogP contribution in [0.3, 0.4) is 0 Å². The molecule has 218 valence electrons. The molecule has 1 amide bonds. The summed E-state index contributed by atoms with van der Waals surface area (Å²) in [4.78, 5) is 36.1. The Kier molecular flexibility index (Phi) is 8.56. The molecule has 3 heterocycles. The highest BCUT2D eigenvalue weighted by molar-refractivity contribution is 6.32. The Bertz CT molecular complexity index is 1680. The molecule has 3 aromatic heterocycles. The lowest BCUT2D eigenvalue weighted by atomic mass is 10.1. The number of pyridine rings is 1. The van der Waals surface area contributed by atoms with Crippen molar-refractivity contribution < 1.29 is 36.6 Å². The summed E-state index contributed by atoms with van der Waals surface area (Å²) >= 11 is 6.24. The number of carbonyl (C=O) groups excluding carboxylic acids is 2. The molecule has 12 nitrogen and oxygen atoms in total. The van der Waals surface area contributed by atoms with Crippen molar-refractivity contribution in [2.24, 2.45) is 7.05 Å². The predicted octanol–water partition coefficient (Wildman–Crippen LogP) is 5.12. The van der Waals surface area contributed by atoms with Crippen molar-refractivity contribution in [2.45, 2.75) is 6.18 Å². The largest absolute Gasteiger partial charge is 0.491 e. The van der Waals surface area contributed by atoms with Gasteiger partial charge in [0.1, 0.15) is 16.7 Å². The lowest BCUT2D eigenvalue weighted by molar-refractivity contribution is -0.195. The Hall–Kier alpha value is -5.25. The molecule has 0 bridgehead atoms. The van der Waals surface area contributed by atoms with Gasteiger partial charge in [0, 0.05) is 42.5 Å². The van der Waals surface area contributed by atoms with Crippen molar-refractivity contribution in [1.29, 1.82) is 0 Å². The van der Waals surface area contributed by atoms with Crippen LogP contribution in [0.5, 0.6) is 5.88 Å². The molecular formula is C25H19ClF4N8O4. The Morgan fingerprint density at radius 2 is 1.83 bits per heavy atom. The highest BCUT2D eigenvalue weighted by atomic mass is 35.5. The maximum atomic E-state index is 14.9. The van der Waals surface area contributed by atoms with Crippen LogP contribution in [0.2, 0.25) is 5.02 Å². The van der Waals surface area contributed by atoms with E-state index >= 15 is 0 Å². The zero-order chi connectivity index (χ0) is 30.6.